The van der Waals surface area contributed by atoms with E-state index in [0.29, 0.717) is 0 Å². The van der Waals surface area contributed by atoms with Gasteiger partial charge in [-0.25, -0.2) is 8.42 Å². The number of sulfonamides is 1. The predicted molar refractivity (Wildman–Crippen MR) is 125 cm³/mol. The molecule has 5 rings (SSSR count). The number of imide groups is 1. The molecule has 2 aromatic rings. The van der Waals surface area contributed by atoms with Crippen molar-refractivity contribution in [3.8, 4) is 0 Å². The monoisotopic (exact) mass is 480 g/mol. The minimum absolute atomic E-state index is 0.0202. The van der Waals surface area contributed by atoms with E-state index in [-0.39, 0.29) is 42.0 Å². The van der Waals surface area contributed by atoms with Crippen LogP contribution < -0.4 is 0 Å². The number of hydrogen-bond acceptors (Lipinski definition) is 5. The molecular weight excluding hydrogens is 452 g/mol. The number of nitrogens with zero attached hydrogens (tertiary/aromatic N) is 2. The van der Waals surface area contributed by atoms with Crippen molar-refractivity contribution in [2.24, 2.45) is 23.7 Å². The first-order valence-corrected chi connectivity index (χ1v) is 13.1. The minimum Gasteiger partial charge on any atom is -0.299 e. The molecule has 34 heavy (non-hydrogen) atoms. The van der Waals surface area contributed by atoms with Crippen LogP contribution in [-0.4, -0.2) is 48.3 Å². The molecule has 7 nitrogen and oxygen atoms in total. The molecule has 1 saturated carbocycles. The van der Waals surface area contributed by atoms with Crippen molar-refractivity contribution >= 4 is 27.6 Å². The maximum Gasteiger partial charge on any atom is 0.243 e. The van der Waals surface area contributed by atoms with E-state index in [2.05, 4.69) is 0 Å². The maximum atomic E-state index is 13.9. The zero-order valence-electron chi connectivity index (χ0n) is 19.5. The largest absolute Gasteiger partial charge is 0.299 e. The van der Waals surface area contributed by atoms with Gasteiger partial charge < -0.3 is 0 Å². The van der Waals surface area contributed by atoms with E-state index in [1.165, 1.54) is 9.21 Å². The summed E-state index contributed by atoms with van der Waals surface area (Å²) in [6, 6.07) is 13.4. The number of fused-ring (bicyclic) bond motifs is 3. The van der Waals surface area contributed by atoms with Crippen molar-refractivity contribution in [3.63, 3.8) is 0 Å². The molecule has 0 bridgehead atoms. The fourth-order valence-corrected chi connectivity index (χ4v) is 7.68. The maximum absolute atomic E-state index is 13.9. The van der Waals surface area contributed by atoms with E-state index >= 15 is 0 Å². The zero-order chi connectivity index (χ0) is 24.4. The Bertz CT molecular complexity index is 1270. The predicted octanol–water partition coefficient (Wildman–Crippen LogP) is 2.88. The van der Waals surface area contributed by atoms with Gasteiger partial charge in [0.15, 0.2) is 0 Å². The molecule has 2 aromatic carbocycles. The molecule has 5 unspecified atom stereocenters. The number of ketones is 1. The van der Waals surface area contributed by atoms with Crippen LogP contribution in [-0.2, 0) is 24.4 Å². The second-order valence-electron chi connectivity index (χ2n) is 9.66. The van der Waals surface area contributed by atoms with Gasteiger partial charge in [0, 0.05) is 25.4 Å². The number of carbonyl (C=O) groups is 3. The van der Waals surface area contributed by atoms with Gasteiger partial charge >= 0.3 is 0 Å². The van der Waals surface area contributed by atoms with Crippen LogP contribution in [0.1, 0.15) is 36.1 Å². The first kappa shape index (κ1) is 22.9. The van der Waals surface area contributed by atoms with E-state index < -0.39 is 39.7 Å². The summed E-state index contributed by atoms with van der Waals surface area (Å²) in [6.45, 7) is 5.85. The van der Waals surface area contributed by atoms with Crippen molar-refractivity contribution in [2.75, 3.05) is 13.1 Å². The highest BCUT2D eigenvalue weighted by Crippen LogP contribution is 2.54. The molecule has 0 aromatic heterocycles. The summed E-state index contributed by atoms with van der Waals surface area (Å²) >= 11 is 0. The molecule has 0 N–H and O–H groups in total. The normalized spacial score (nSPS) is 29.4. The first-order chi connectivity index (χ1) is 16.1. The van der Waals surface area contributed by atoms with Gasteiger partial charge in [0.1, 0.15) is 5.78 Å². The number of hydrogen-bond donors (Lipinski definition) is 0. The number of amides is 2. The number of aryl methyl sites for hydroxylation is 2. The fourth-order valence-electron chi connectivity index (χ4n) is 6.01. The summed E-state index contributed by atoms with van der Waals surface area (Å²) in [6.07, 6.45) is -0.0202. The Labute approximate surface area is 199 Å². The smallest absolute Gasteiger partial charge is 0.243 e. The standard InChI is InChI=1S/C26H28N2O5S/c1-4-27-25(30)19-13-21(29)23-20(22(19)26(27)31)14-28(24(23)17-9-5-15(2)6-10-17)34(32,33)18-11-7-16(3)8-12-18/h5-12,19-20,22-24H,4,13-14H2,1-3H3. The molecule has 1 aliphatic carbocycles. The van der Waals surface area contributed by atoms with Gasteiger partial charge in [-0.05, 0) is 44.4 Å². The third-order valence-corrected chi connectivity index (χ3v) is 9.55. The topological polar surface area (TPSA) is 91.8 Å². The van der Waals surface area contributed by atoms with Crippen molar-refractivity contribution in [1.82, 2.24) is 9.21 Å². The van der Waals surface area contributed by atoms with Gasteiger partial charge in [-0.3, -0.25) is 19.3 Å². The molecule has 178 valence electrons. The van der Waals surface area contributed by atoms with Crippen molar-refractivity contribution in [2.45, 2.75) is 38.1 Å². The van der Waals surface area contributed by atoms with Gasteiger partial charge in [0.2, 0.25) is 21.8 Å². The number of carbonyl (C=O) groups excluding carboxylic acids is 3. The van der Waals surface area contributed by atoms with Crippen LogP contribution in [0.2, 0.25) is 0 Å². The van der Waals surface area contributed by atoms with Crippen LogP contribution in [0.3, 0.4) is 0 Å². The highest BCUT2D eigenvalue weighted by molar-refractivity contribution is 7.89. The van der Waals surface area contributed by atoms with Crippen LogP contribution in [0.15, 0.2) is 53.4 Å². The Morgan fingerprint density at radius 1 is 0.853 bits per heavy atom. The molecule has 0 radical (unpaired) electrons. The van der Waals surface area contributed by atoms with Crippen molar-refractivity contribution < 1.29 is 22.8 Å². The van der Waals surface area contributed by atoms with E-state index in [1.807, 2.05) is 38.1 Å². The molecule has 2 saturated heterocycles. The van der Waals surface area contributed by atoms with Crippen LogP contribution in [0, 0.1) is 37.5 Å². The molecule has 8 heteroatoms. The van der Waals surface area contributed by atoms with Gasteiger partial charge in [0.25, 0.3) is 0 Å². The minimum atomic E-state index is -3.95. The lowest BCUT2D eigenvalue weighted by Crippen LogP contribution is -2.42. The van der Waals surface area contributed by atoms with Gasteiger partial charge in [-0.1, -0.05) is 47.5 Å². The SMILES string of the molecule is CCN1C(=O)C2CC(=O)C3C(CN(S(=O)(=O)c4ccc(C)cc4)C3c3ccc(C)cc3)C2C1=O. The summed E-state index contributed by atoms with van der Waals surface area (Å²) in [5.74, 6) is -3.29. The number of rotatable bonds is 4. The summed E-state index contributed by atoms with van der Waals surface area (Å²) in [5, 5.41) is 0. The third kappa shape index (κ3) is 3.34. The second kappa shape index (κ2) is 8.13. The molecule has 3 aliphatic rings. The van der Waals surface area contributed by atoms with Crippen LogP contribution in [0.25, 0.3) is 0 Å². The quantitative estimate of drug-likeness (QED) is 0.628. The molecule has 5 atom stereocenters. The van der Waals surface area contributed by atoms with Gasteiger partial charge in [-0.15, -0.1) is 0 Å². The van der Waals surface area contributed by atoms with Crippen LogP contribution in [0.4, 0.5) is 0 Å². The van der Waals surface area contributed by atoms with E-state index in [4.69, 9.17) is 0 Å². The molecule has 2 aliphatic heterocycles. The third-order valence-electron chi connectivity index (χ3n) is 7.69. The molecule has 0 spiro atoms. The Kier molecular flexibility index (Phi) is 5.48. The second-order valence-corrected chi connectivity index (χ2v) is 11.5. The average molecular weight is 481 g/mol. The average Bonchev–Trinajstić information content (AvgIpc) is 3.31. The number of benzene rings is 2. The molecule has 3 fully saturated rings. The van der Waals surface area contributed by atoms with Gasteiger partial charge in [0.05, 0.1) is 22.8 Å². The lowest BCUT2D eigenvalue weighted by molar-refractivity contribution is -0.140. The van der Waals surface area contributed by atoms with Crippen molar-refractivity contribution in [1.29, 1.82) is 0 Å². The van der Waals surface area contributed by atoms with Crippen LogP contribution in [0.5, 0.6) is 0 Å². The Morgan fingerprint density at radius 2 is 1.44 bits per heavy atom. The van der Waals surface area contributed by atoms with E-state index in [0.717, 1.165) is 16.7 Å². The van der Waals surface area contributed by atoms with Crippen LogP contribution >= 0.6 is 0 Å². The Balaban J connectivity index is 1.64. The highest BCUT2D eigenvalue weighted by atomic mass is 32.2. The van der Waals surface area contributed by atoms with E-state index in [1.54, 1.807) is 31.2 Å². The summed E-state index contributed by atoms with van der Waals surface area (Å²) in [4.78, 5) is 40.9. The lowest BCUT2D eigenvalue weighted by atomic mass is 9.66. The summed E-state index contributed by atoms with van der Waals surface area (Å²) in [5.41, 5.74) is 2.69. The molecular formula is C26H28N2O5S. The first-order valence-electron chi connectivity index (χ1n) is 11.7. The lowest BCUT2D eigenvalue weighted by Gasteiger charge is -2.33. The summed E-state index contributed by atoms with van der Waals surface area (Å²) < 4.78 is 29.1. The Morgan fingerprint density at radius 3 is 2.03 bits per heavy atom. The summed E-state index contributed by atoms with van der Waals surface area (Å²) in [7, 11) is -3.95. The fraction of sp³-hybridized carbons (Fsp3) is 0.423. The zero-order valence-corrected chi connectivity index (χ0v) is 20.3. The molecule has 2 amide bonds. The van der Waals surface area contributed by atoms with E-state index in [9.17, 15) is 22.8 Å². The van der Waals surface area contributed by atoms with Gasteiger partial charge in [-0.2, -0.15) is 4.31 Å². The van der Waals surface area contributed by atoms with Crippen molar-refractivity contribution in [3.05, 3.63) is 65.2 Å². The number of Topliss-reactive ketones (excluding diaryl/α,β-unsaturated/α-hetero) is 1. The highest BCUT2D eigenvalue weighted by Gasteiger charge is 2.63. The molecule has 2 heterocycles. The Hall–Kier alpha value is -2.84. The number of likely N-dealkylation sites (tertiary alicyclic amines) is 1.